The third kappa shape index (κ3) is 5.30. The molecule has 1 aromatic carbocycles. The molecule has 0 bridgehead atoms. The molecule has 1 saturated carbocycles. The predicted molar refractivity (Wildman–Crippen MR) is 85.9 cm³/mol. The molecule has 4 N–H and O–H groups in total. The molecule has 1 aromatic rings. The van der Waals surface area contributed by atoms with Gasteiger partial charge in [0.1, 0.15) is 0 Å². The van der Waals surface area contributed by atoms with Crippen LogP contribution < -0.4 is 0 Å². The summed E-state index contributed by atoms with van der Waals surface area (Å²) in [5.74, 6) is -1.64. The van der Waals surface area contributed by atoms with Gasteiger partial charge in [-0.1, -0.05) is 30.3 Å². The highest BCUT2D eigenvalue weighted by Crippen LogP contribution is 2.38. The standard InChI is InChI=1S/C18H26O5/c19-13(7-6-12-4-2-1-3-5-12)8-9-14-15(10-18(22)23)17(21)11-16(14)20/h1-5,13-17,19-21H,6-11H2,(H,22,23)/t13-,14+,15+,16+,17-/m0/s1. The van der Waals surface area contributed by atoms with E-state index in [2.05, 4.69) is 0 Å². The van der Waals surface area contributed by atoms with E-state index in [4.69, 9.17) is 5.11 Å². The van der Waals surface area contributed by atoms with E-state index in [0.717, 1.165) is 6.42 Å². The van der Waals surface area contributed by atoms with Crippen molar-refractivity contribution in [3.05, 3.63) is 35.9 Å². The van der Waals surface area contributed by atoms with Gasteiger partial charge in [0.25, 0.3) is 0 Å². The van der Waals surface area contributed by atoms with Gasteiger partial charge in [-0.25, -0.2) is 0 Å². The van der Waals surface area contributed by atoms with Crippen LogP contribution in [0.15, 0.2) is 30.3 Å². The number of hydrogen-bond donors (Lipinski definition) is 4. The third-order valence-corrected chi connectivity index (χ3v) is 4.87. The molecular formula is C18H26O5. The second-order valence-electron chi connectivity index (χ2n) is 6.55. The first-order valence-corrected chi connectivity index (χ1v) is 8.27. The molecule has 0 unspecified atom stereocenters. The lowest BCUT2D eigenvalue weighted by Crippen LogP contribution is -2.26. The van der Waals surface area contributed by atoms with Gasteiger partial charge < -0.3 is 20.4 Å². The Bertz CT molecular complexity index is 489. The Kier molecular flexibility index (Phi) is 6.57. The Labute approximate surface area is 136 Å². The molecule has 0 amide bonds. The van der Waals surface area contributed by atoms with Gasteiger partial charge in [0.2, 0.25) is 0 Å². The third-order valence-electron chi connectivity index (χ3n) is 4.87. The minimum atomic E-state index is -0.960. The maximum Gasteiger partial charge on any atom is 0.303 e. The van der Waals surface area contributed by atoms with Crippen LogP contribution >= 0.6 is 0 Å². The highest BCUT2D eigenvalue weighted by Gasteiger charge is 2.42. The Morgan fingerprint density at radius 1 is 1.09 bits per heavy atom. The number of carboxylic acids is 1. The van der Waals surface area contributed by atoms with E-state index in [0.29, 0.717) is 19.3 Å². The maximum atomic E-state index is 10.9. The van der Waals surface area contributed by atoms with Crippen molar-refractivity contribution >= 4 is 5.97 Å². The lowest BCUT2D eigenvalue weighted by atomic mass is 9.86. The predicted octanol–water partition coefficient (Wildman–Crippen LogP) is 1.59. The van der Waals surface area contributed by atoms with Crippen LogP contribution in [0.2, 0.25) is 0 Å². The van der Waals surface area contributed by atoms with Gasteiger partial charge in [-0.2, -0.15) is 0 Å². The average molecular weight is 322 g/mol. The summed E-state index contributed by atoms with van der Waals surface area (Å²) in [4.78, 5) is 10.9. The fourth-order valence-electron chi connectivity index (χ4n) is 3.57. The van der Waals surface area contributed by atoms with Crippen molar-refractivity contribution in [1.82, 2.24) is 0 Å². The number of aliphatic hydroxyl groups excluding tert-OH is 3. The topological polar surface area (TPSA) is 98.0 Å². The van der Waals surface area contributed by atoms with Crippen LogP contribution in [0.5, 0.6) is 0 Å². The van der Waals surface area contributed by atoms with Gasteiger partial charge in [-0.15, -0.1) is 0 Å². The number of aliphatic carboxylic acids is 1. The molecule has 1 fully saturated rings. The lowest BCUT2D eigenvalue weighted by molar-refractivity contribution is -0.139. The molecule has 0 saturated heterocycles. The molecule has 5 nitrogen and oxygen atoms in total. The average Bonchev–Trinajstić information content (AvgIpc) is 2.77. The first kappa shape index (κ1) is 17.9. The van der Waals surface area contributed by atoms with Crippen LogP contribution in [0.1, 0.15) is 37.7 Å². The summed E-state index contributed by atoms with van der Waals surface area (Å²) >= 11 is 0. The van der Waals surface area contributed by atoms with Crippen molar-refractivity contribution in [2.45, 2.75) is 56.8 Å². The van der Waals surface area contributed by atoms with Crippen LogP contribution in [0.25, 0.3) is 0 Å². The fraction of sp³-hybridized carbons (Fsp3) is 0.611. The van der Waals surface area contributed by atoms with Crippen molar-refractivity contribution in [2.24, 2.45) is 11.8 Å². The highest BCUT2D eigenvalue weighted by molar-refractivity contribution is 5.67. The van der Waals surface area contributed by atoms with Crippen molar-refractivity contribution in [3.63, 3.8) is 0 Å². The zero-order valence-corrected chi connectivity index (χ0v) is 13.2. The van der Waals surface area contributed by atoms with Gasteiger partial charge in [0.05, 0.1) is 24.7 Å². The van der Waals surface area contributed by atoms with E-state index in [9.17, 15) is 20.1 Å². The van der Waals surface area contributed by atoms with Crippen molar-refractivity contribution in [3.8, 4) is 0 Å². The van der Waals surface area contributed by atoms with E-state index in [1.165, 1.54) is 5.56 Å². The molecule has 1 aliphatic rings. The zero-order chi connectivity index (χ0) is 16.8. The van der Waals surface area contributed by atoms with Crippen LogP contribution in [0.3, 0.4) is 0 Å². The number of aryl methyl sites for hydroxylation is 1. The highest BCUT2D eigenvalue weighted by atomic mass is 16.4. The van der Waals surface area contributed by atoms with E-state index < -0.39 is 30.2 Å². The molecule has 23 heavy (non-hydrogen) atoms. The van der Waals surface area contributed by atoms with Crippen molar-refractivity contribution in [2.75, 3.05) is 0 Å². The first-order valence-electron chi connectivity index (χ1n) is 8.27. The molecule has 2 rings (SSSR count). The van der Waals surface area contributed by atoms with Gasteiger partial charge >= 0.3 is 5.97 Å². The lowest BCUT2D eigenvalue weighted by Gasteiger charge is -2.23. The van der Waals surface area contributed by atoms with Crippen molar-refractivity contribution in [1.29, 1.82) is 0 Å². The smallest absolute Gasteiger partial charge is 0.303 e. The van der Waals surface area contributed by atoms with Gasteiger partial charge in [0.15, 0.2) is 0 Å². The van der Waals surface area contributed by atoms with Crippen LogP contribution in [0.4, 0.5) is 0 Å². The summed E-state index contributed by atoms with van der Waals surface area (Å²) < 4.78 is 0. The zero-order valence-electron chi connectivity index (χ0n) is 13.2. The van der Waals surface area contributed by atoms with E-state index in [1.807, 2.05) is 30.3 Å². The number of carboxylic acid groups (broad SMARTS) is 1. The Balaban J connectivity index is 1.79. The number of benzene rings is 1. The fourth-order valence-corrected chi connectivity index (χ4v) is 3.57. The van der Waals surface area contributed by atoms with Crippen LogP contribution in [0, 0.1) is 11.8 Å². The van der Waals surface area contributed by atoms with E-state index in [1.54, 1.807) is 0 Å². The van der Waals surface area contributed by atoms with Crippen LogP contribution in [-0.4, -0.2) is 44.7 Å². The monoisotopic (exact) mass is 322 g/mol. The summed E-state index contributed by atoms with van der Waals surface area (Å²) in [5, 5.41) is 39.0. The molecule has 5 heteroatoms. The summed E-state index contributed by atoms with van der Waals surface area (Å²) in [5.41, 5.74) is 1.17. The first-order chi connectivity index (χ1) is 11.0. The van der Waals surface area contributed by atoms with E-state index in [-0.39, 0.29) is 18.8 Å². The van der Waals surface area contributed by atoms with Crippen LogP contribution in [-0.2, 0) is 11.2 Å². The number of aliphatic hydroxyl groups is 3. The summed E-state index contributed by atoms with van der Waals surface area (Å²) in [7, 11) is 0. The minimum absolute atomic E-state index is 0.136. The minimum Gasteiger partial charge on any atom is -0.481 e. The molecular weight excluding hydrogens is 296 g/mol. The van der Waals surface area contributed by atoms with Gasteiger partial charge in [0, 0.05) is 5.92 Å². The van der Waals surface area contributed by atoms with Crippen molar-refractivity contribution < 1.29 is 25.2 Å². The summed E-state index contributed by atoms with van der Waals surface area (Å²) in [6.45, 7) is 0. The van der Waals surface area contributed by atoms with Gasteiger partial charge in [-0.05, 0) is 43.6 Å². The molecule has 5 atom stereocenters. The maximum absolute atomic E-state index is 10.9. The Morgan fingerprint density at radius 2 is 1.74 bits per heavy atom. The number of rotatable bonds is 8. The summed E-state index contributed by atoms with van der Waals surface area (Å²) in [6.07, 6.45) is 0.624. The molecule has 0 heterocycles. The number of hydrogen-bond acceptors (Lipinski definition) is 4. The molecule has 1 aliphatic carbocycles. The normalized spacial score (nSPS) is 28.7. The largest absolute Gasteiger partial charge is 0.481 e. The second kappa shape index (κ2) is 8.43. The Morgan fingerprint density at radius 3 is 2.39 bits per heavy atom. The molecule has 128 valence electrons. The molecule has 0 aromatic heterocycles. The van der Waals surface area contributed by atoms with Gasteiger partial charge in [-0.3, -0.25) is 4.79 Å². The molecule has 0 radical (unpaired) electrons. The summed E-state index contributed by atoms with van der Waals surface area (Å²) in [6, 6.07) is 9.93. The SMILES string of the molecule is O=C(O)C[C@@H]1[C@@H](CC[C@@H](O)CCc2ccccc2)[C@H](O)C[C@@H]1O. The molecule has 0 aliphatic heterocycles. The molecule has 0 spiro atoms. The Hall–Kier alpha value is -1.43. The number of carbonyl (C=O) groups is 1. The second-order valence-corrected chi connectivity index (χ2v) is 6.55. The van der Waals surface area contributed by atoms with E-state index >= 15 is 0 Å². The quantitative estimate of drug-likeness (QED) is 0.583.